The molecule has 172 valence electrons. The number of aliphatic hydroxyl groups excluding tert-OH is 1. The standard InChI is InChI=1S/C22H18O11/c23-12-5-10(32-22(31)9-3-15(26)20(30)16(27)4-9)6-18-11(12)7-17(28)21(33-18)8-1-13(24)19(29)14(25)2-8/h1-6,17,21,23-30H,7H2/t17-,21-/m1/s1. The van der Waals surface area contributed by atoms with Gasteiger partial charge in [0.1, 0.15) is 17.2 Å². The number of ether oxygens (including phenoxy) is 2. The number of phenolic OH excluding ortho intramolecular Hbond substituents is 7. The van der Waals surface area contributed by atoms with Crippen molar-refractivity contribution in [3.8, 4) is 51.7 Å². The predicted molar refractivity (Wildman–Crippen MR) is 109 cm³/mol. The van der Waals surface area contributed by atoms with E-state index in [0.717, 1.165) is 30.3 Å². The van der Waals surface area contributed by atoms with Crippen LogP contribution in [0.15, 0.2) is 36.4 Å². The summed E-state index contributed by atoms with van der Waals surface area (Å²) in [6.45, 7) is 0. The van der Waals surface area contributed by atoms with Crippen molar-refractivity contribution in [1.29, 1.82) is 0 Å². The third-order valence-electron chi connectivity index (χ3n) is 5.11. The molecular weight excluding hydrogens is 440 g/mol. The molecule has 11 heteroatoms. The fraction of sp³-hybridized carbons (Fsp3) is 0.136. The van der Waals surface area contributed by atoms with Gasteiger partial charge in [-0.1, -0.05) is 0 Å². The maximum absolute atomic E-state index is 12.4. The van der Waals surface area contributed by atoms with Crippen molar-refractivity contribution >= 4 is 5.97 Å². The molecule has 0 aliphatic carbocycles. The molecule has 4 rings (SSSR count). The number of carbonyl (C=O) groups is 1. The molecule has 33 heavy (non-hydrogen) atoms. The van der Waals surface area contributed by atoms with Crippen molar-refractivity contribution in [1.82, 2.24) is 0 Å². The zero-order valence-corrected chi connectivity index (χ0v) is 16.6. The Morgan fingerprint density at radius 1 is 0.788 bits per heavy atom. The normalized spacial score (nSPS) is 17.1. The summed E-state index contributed by atoms with van der Waals surface area (Å²) in [5.41, 5.74) is 0.0628. The fourth-order valence-corrected chi connectivity index (χ4v) is 3.47. The Balaban J connectivity index is 1.63. The van der Waals surface area contributed by atoms with Gasteiger partial charge in [0.15, 0.2) is 40.6 Å². The number of fused-ring (bicyclic) bond motifs is 1. The van der Waals surface area contributed by atoms with Crippen molar-refractivity contribution in [2.45, 2.75) is 18.6 Å². The number of hydrogen-bond donors (Lipinski definition) is 8. The zero-order chi connectivity index (χ0) is 24.0. The quantitative estimate of drug-likeness (QED) is 0.162. The highest BCUT2D eigenvalue weighted by atomic mass is 16.5. The lowest BCUT2D eigenvalue weighted by Gasteiger charge is -2.31. The summed E-state index contributed by atoms with van der Waals surface area (Å²) in [5, 5.41) is 78.3. The third-order valence-corrected chi connectivity index (χ3v) is 5.11. The zero-order valence-electron chi connectivity index (χ0n) is 16.6. The first kappa shape index (κ1) is 21.7. The third kappa shape index (κ3) is 3.92. The van der Waals surface area contributed by atoms with Gasteiger partial charge < -0.3 is 50.3 Å². The van der Waals surface area contributed by atoms with E-state index in [2.05, 4.69) is 0 Å². The van der Waals surface area contributed by atoms with Crippen LogP contribution in [0.5, 0.6) is 51.7 Å². The molecule has 1 aliphatic heterocycles. The van der Waals surface area contributed by atoms with Crippen molar-refractivity contribution in [3.05, 3.63) is 53.1 Å². The van der Waals surface area contributed by atoms with Crippen LogP contribution in [0.2, 0.25) is 0 Å². The van der Waals surface area contributed by atoms with Crippen LogP contribution in [0, 0.1) is 0 Å². The van der Waals surface area contributed by atoms with Gasteiger partial charge in [-0.15, -0.1) is 0 Å². The predicted octanol–water partition coefficient (Wildman–Crippen LogP) is 1.88. The Kier molecular flexibility index (Phi) is 5.18. The first-order valence-corrected chi connectivity index (χ1v) is 9.47. The van der Waals surface area contributed by atoms with Gasteiger partial charge in [-0.2, -0.15) is 0 Å². The van der Waals surface area contributed by atoms with Crippen molar-refractivity contribution in [2.75, 3.05) is 0 Å². The Bertz CT molecular complexity index is 1220. The van der Waals surface area contributed by atoms with E-state index in [0.29, 0.717) is 0 Å². The van der Waals surface area contributed by atoms with Gasteiger partial charge in [-0.25, -0.2) is 4.79 Å². The van der Waals surface area contributed by atoms with Crippen molar-refractivity contribution in [3.63, 3.8) is 0 Å². The van der Waals surface area contributed by atoms with Gasteiger partial charge in [0, 0.05) is 29.7 Å². The van der Waals surface area contributed by atoms with Crippen LogP contribution in [0.1, 0.15) is 27.6 Å². The van der Waals surface area contributed by atoms with E-state index in [4.69, 9.17) is 9.47 Å². The first-order valence-electron chi connectivity index (χ1n) is 9.47. The molecule has 0 unspecified atom stereocenters. The summed E-state index contributed by atoms with van der Waals surface area (Å²) in [7, 11) is 0. The Morgan fingerprint density at radius 2 is 1.33 bits per heavy atom. The summed E-state index contributed by atoms with van der Waals surface area (Å²) in [6.07, 6.45) is -2.38. The highest BCUT2D eigenvalue weighted by molar-refractivity contribution is 5.92. The molecule has 3 aromatic rings. The summed E-state index contributed by atoms with van der Waals surface area (Å²) in [5.74, 6) is -5.78. The molecule has 0 amide bonds. The monoisotopic (exact) mass is 458 g/mol. The van der Waals surface area contributed by atoms with Gasteiger partial charge in [-0.3, -0.25) is 0 Å². The van der Waals surface area contributed by atoms with Gasteiger partial charge in [0.05, 0.1) is 11.7 Å². The van der Waals surface area contributed by atoms with Crippen LogP contribution in [0.25, 0.3) is 0 Å². The largest absolute Gasteiger partial charge is 0.507 e. The topological polar surface area (TPSA) is 197 Å². The fourth-order valence-electron chi connectivity index (χ4n) is 3.47. The highest BCUT2D eigenvalue weighted by Crippen LogP contribution is 2.45. The maximum Gasteiger partial charge on any atom is 0.343 e. The van der Waals surface area contributed by atoms with Crippen LogP contribution in [-0.2, 0) is 6.42 Å². The smallest absolute Gasteiger partial charge is 0.343 e. The van der Waals surface area contributed by atoms with Gasteiger partial charge in [0.25, 0.3) is 0 Å². The Labute approximate surface area is 185 Å². The molecule has 1 heterocycles. The number of benzene rings is 3. The van der Waals surface area contributed by atoms with E-state index in [1.165, 1.54) is 6.07 Å². The maximum atomic E-state index is 12.4. The lowest BCUT2D eigenvalue weighted by molar-refractivity contribution is 0.0195. The molecule has 0 aromatic heterocycles. The minimum Gasteiger partial charge on any atom is -0.507 e. The lowest BCUT2D eigenvalue weighted by Crippen LogP contribution is -2.30. The van der Waals surface area contributed by atoms with Gasteiger partial charge >= 0.3 is 5.97 Å². The van der Waals surface area contributed by atoms with Crippen LogP contribution < -0.4 is 9.47 Å². The van der Waals surface area contributed by atoms with Crippen molar-refractivity contribution < 1.29 is 55.1 Å². The van der Waals surface area contributed by atoms with E-state index in [1.54, 1.807) is 0 Å². The van der Waals surface area contributed by atoms with Crippen LogP contribution in [0.3, 0.4) is 0 Å². The lowest BCUT2D eigenvalue weighted by atomic mass is 9.93. The SMILES string of the molecule is O=C(Oc1cc(O)c2c(c1)O[C@H](c1cc(O)c(O)c(O)c1)[C@H](O)C2)c1cc(O)c(O)c(O)c1. The molecule has 0 radical (unpaired) electrons. The van der Waals surface area contributed by atoms with Crippen LogP contribution >= 0.6 is 0 Å². The summed E-state index contributed by atoms with van der Waals surface area (Å²) in [4.78, 5) is 12.4. The Hall–Kier alpha value is -4.51. The molecule has 0 saturated carbocycles. The molecule has 0 fully saturated rings. The number of aromatic hydroxyl groups is 7. The highest BCUT2D eigenvalue weighted by Gasteiger charge is 2.33. The average Bonchev–Trinajstić information content (AvgIpc) is 2.75. The second-order valence-electron chi connectivity index (χ2n) is 7.39. The Morgan fingerprint density at radius 3 is 1.91 bits per heavy atom. The number of hydrogen-bond acceptors (Lipinski definition) is 11. The van der Waals surface area contributed by atoms with E-state index in [1.807, 2.05) is 0 Å². The summed E-state index contributed by atoms with van der Waals surface area (Å²) >= 11 is 0. The van der Waals surface area contributed by atoms with E-state index in [9.17, 15) is 45.6 Å². The number of rotatable bonds is 3. The second-order valence-corrected chi connectivity index (χ2v) is 7.39. The van der Waals surface area contributed by atoms with E-state index in [-0.39, 0.29) is 40.4 Å². The summed E-state index contributed by atoms with van der Waals surface area (Å²) in [6, 6.07) is 6.31. The van der Waals surface area contributed by atoms with E-state index < -0.39 is 52.7 Å². The van der Waals surface area contributed by atoms with Gasteiger partial charge in [0.2, 0.25) is 0 Å². The number of aliphatic hydroxyl groups is 1. The average molecular weight is 458 g/mol. The van der Waals surface area contributed by atoms with Crippen LogP contribution in [0.4, 0.5) is 0 Å². The minimum absolute atomic E-state index is 0.0385. The number of phenols is 7. The minimum atomic E-state index is -1.19. The summed E-state index contributed by atoms with van der Waals surface area (Å²) < 4.78 is 10.9. The molecule has 2 atom stereocenters. The molecule has 8 N–H and O–H groups in total. The second kappa shape index (κ2) is 7.88. The molecule has 3 aromatic carbocycles. The molecule has 1 aliphatic rings. The van der Waals surface area contributed by atoms with Crippen molar-refractivity contribution in [2.24, 2.45) is 0 Å². The van der Waals surface area contributed by atoms with E-state index >= 15 is 0 Å². The number of esters is 1. The number of carbonyl (C=O) groups excluding carboxylic acids is 1. The van der Waals surface area contributed by atoms with Gasteiger partial charge in [-0.05, 0) is 24.3 Å². The molecule has 0 spiro atoms. The molecule has 0 bridgehead atoms. The van der Waals surface area contributed by atoms with Crippen LogP contribution in [-0.4, -0.2) is 52.9 Å². The molecule has 0 saturated heterocycles. The molecule has 11 nitrogen and oxygen atoms in total. The first-order chi connectivity index (χ1) is 15.5. The molecular formula is C22H18O11.